The molecule has 4 nitrogen and oxygen atoms in total. The monoisotopic (exact) mass is 352 g/mol. The van der Waals surface area contributed by atoms with Crippen molar-refractivity contribution in [3.8, 4) is 0 Å². The molecule has 2 rings (SSSR count). The van der Waals surface area contributed by atoms with Gasteiger partial charge in [-0.25, -0.2) is 9.59 Å². The Morgan fingerprint density at radius 1 is 0.962 bits per heavy atom. The van der Waals surface area contributed by atoms with Crippen molar-refractivity contribution in [1.82, 2.24) is 0 Å². The van der Waals surface area contributed by atoms with Crippen LogP contribution >= 0.6 is 0 Å². The summed E-state index contributed by atoms with van der Waals surface area (Å²) in [7, 11) is 0. The van der Waals surface area contributed by atoms with Crippen LogP contribution in [0.25, 0.3) is 0 Å². The molecule has 1 atom stereocenters. The number of hydrogen-bond acceptors (Lipinski definition) is 4. The maximum Gasteiger partial charge on any atom is 0.338 e. The predicted molar refractivity (Wildman–Crippen MR) is 101 cm³/mol. The molecule has 0 aliphatic carbocycles. The third-order valence-electron chi connectivity index (χ3n) is 3.81. The van der Waals surface area contributed by atoms with Gasteiger partial charge in [0.15, 0.2) is 0 Å². The normalized spacial score (nSPS) is 12.1. The Hall–Kier alpha value is -2.88. The lowest BCUT2D eigenvalue weighted by Crippen LogP contribution is -2.34. The van der Waals surface area contributed by atoms with Crippen LogP contribution in [0.4, 0.5) is 0 Å². The van der Waals surface area contributed by atoms with Crippen molar-refractivity contribution < 1.29 is 19.1 Å². The summed E-state index contributed by atoms with van der Waals surface area (Å²) in [6.07, 6.45) is 2.11. The third kappa shape index (κ3) is 5.88. The Morgan fingerprint density at radius 3 is 1.96 bits per heavy atom. The van der Waals surface area contributed by atoms with Gasteiger partial charge in [0.25, 0.3) is 0 Å². The van der Waals surface area contributed by atoms with Gasteiger partial charge in [0.2, 0.25) is 0 Å². The molecule has 26 heavy (non-hydrogen) atoms. The van der Waals surface area contributed by atoms with Crippen LogP contribution in [0.1, 0.15) is 47.4 Å². The van der Waals surface area contributed by atoms with Gasteiger partial charge in [-0.05, 0) is 38.1 Å². The molecule has 2 aromatic rings. The minimum Gasteiger partial charge on any atom is -0.458 e. The first-order chi connectivity index (χ1) is 12.4. The number of rotatable bonds is 8. The SMILES string of the molecule is C=CCC(CC(C)(C)OC(=O)c1ccccc1)OC(=O)c1ccccc1. The van der Waals surface area contributed by atoms with Gasteiger partial charge in [0, 0.05) is 12.8 Å². The summed E-state index contributed by atoms with van der Waals surface area (Å²) in [6.45, 7) is 7.33. The summed E-state index contributed by atoms with van der Waals surface area (Å²) < 4.78 is 11.2. The van der Waals surface area contributed by atoms with E-state index in [1.54, 1.807) is 68.5 Å². The molecule has 0 saturated carbocycles. The van der Waals surface area contributed by atoms with Gasteiger partial charge in [-0.2, -0.15) is 0 Å². The number of carbonyl (C=O) groups is 2. The quantitative estimate of drug-likeness (QED) is 0.505. The highest BCUT2D eigenvalue weighted by molar-refractivity contribution is 5.90. The van der Waals surface area contributed by atoms with Crippen LogP contribution in [0.15, 0.2) is 73.3 Å². The van der Waals surface area contributed by atoms with E-state index in [0.717, 1.165) is 0 Å². The smallest absolute Gasteiger partial charge is 0.338 e. The molecule has 1 unspecified atom stereocenters. The van der Waals surface area contributed by atoms with Gasteiger partial charge >= 0.3 is 11.9 Å². The van der Waals surface area contributed by atoms with Crippen molar-refractivity contribution in [2.75, 3.05) is 0 Å². The summed E-state index contributed by atoms with van der Waals surface area (Å²) in [5.74, 6) is -0.801. The van der Waals surface area contributed by atoms with Crippen LogP contribution in [-0.2, 0) is 9.47 Å². The van der Waals surface area contributed by atoms with Crippen molar-refractivity contribution in [2.24, 2.45) is 0 Å². The van der Waals surface area contributed by atoms with Crippen LogP contribution in [0.3, 0.4) is 0 Å². The second-order valence-electron chi connectivity index (χ2n) is 6.64. The van der Waals surface area contributed by atoms with Crippen LogP contribution in [0.5, 0.6) is 0 Å². The highest BCUT2D eigenvalue weighted by Gasteiger charge is 2.29. The zero-order chi connectivity index (χ0) is 19.0. The summed E-state index contributed by atoms with van der Waals surface area (Å²) in [5, 5.41) is 0. The van der Waals surface area contributed by atoms with Crippen LogP contribution in [0, 0.1) is 0 Å². The van der Waals surface area contributed by atoms with Crippen molar-refractivity contribution in [2.45, 2.75) is 38.4 Å². The molecule has 0 aliphatic heterocycles. The number of esters is 2. The summed E-state index contributed by atoms with van der Waals surface area (Å²) >= 11 is 0. The van der Waals surface area contributed by atoms with E-state index >= 15 is 0 Å². The average molecular weight is 352 g/mol. The van der Waals surface area contributed by atoms with Gasteiger partial charge in [-0.1, -0.05) is 42.5 Å². The van der Waals surface area contributed by atoms with E-state index in [0.29, 0.717) is 24.0 Å². The van der Waals surface area contributed by atoms with E-state index in [-0.39, 0.29) is 0 Å². The summed E-state index contributed by atoms with van der Waals surface area (Å²) in [5.41, 5.74) is 0.181. The molecule has 4 heteroatoms. The van der Waals surface area contributed by atoms with E-state index in [2.05, 4.69) is 6.58 Å². The highest BCUT2D eigenvalue weighted by atomic mass is 16.6. The fraction of sp³-hybridized carbons (Fsp3) is 0.273. The minimum absolute atomic E-state index is 0.371. The molecule has 2 aromatic carbocycles. The maximum absolute atomic E-state index is 12.3. The first kappa shape index (κ1) is 19.4. The van der Waals surface area contributed by atoms with E-state index in [1.165, 1.54) is 0 Å². The molecule has 0 aromatic heterocycles. The number of hydrogen-bond donors (Lipinski definition) is 0. The second kappa shape index (κ2) is 8.99. The van der Waals surface area contributed by atoms with Crippen molar-refractivity contribution >= 4 is 11.9 Å². The molecule has 0 saturated heterocycles. The van der Waals surface area contributed by atoms with Crippen molar-refractivity contribution in [3.63, 3.8) is 0 Å². The Morgan fingerprint density at radius 2 is 1.46 bits per heavy atom. The average Bonchev–Trinajstić information content (AvgIpc) is 2.62. The lowest BCUT2D eigenvalue weighted by molar-refractivity contribution is -0.0310. The van der Waals surface area contributed by atoms with E-state index in [4.69, 9.17) is 9.47 Å². The van der Waals surface area contributed by atoms with Gasteiger partial charge in [0.1, 0.15) is 11.7 Å². The lowest BCUT2D eigenvalue weighted by Gasteiger charge is -2.29. The third-order valence-corrected chi connectivity index (χ3v) is 3.81. The number of ether oxygens (including phenoxy) is 2. The number of carbonyl (C=O) groups excluding carboxylic acids is 2. The molecular weight excluding hydrogens is 328 g/mol. The van der Waals surface area contributed by atoms with Crippen molar-refractivity contribution in [3.05, 3.63) is 84.4 Å². The molecule has 0 amide bonds. The Bertz CT molecular complexity index is 735. The fourth-order valence-corrected chi connectivity index (χ4v) is 2.63. The Kier molecular flexibility index (Phi) is 6.73. The largest absolute Gasteiger partial charge is 0.458 e. The number of benzene rings is 2. The van der Waals surface area contributed by atoms with Crippen LogP contribution in [-0.4, -0.2) is 23.6 Å². The molecule has 0 spiro atoms. The molecule has 0 heterocycles. The molecule has 0 aliphatic rings. The van der Waals surface area contributed by atoms with Gasteiger partial charge in [-0.15, -0.1) is 6.58 Å². The highest BCUT2D eigenvalue weighted by Crippen LogP contribution is 2.23. The molecule has 0 bridgehead atoms. The fourth-order valence-electron chi connectivity index (χ4n) is 2.63. The topological polar surface area (TPSA) is 52.6 Å². The molecule has 136 valence electrons. The molecule has 0 fully saturated rings. The Balaban J connectivity index is 2.01. The first-order valence-corrected chi connectivity index (χ1v) is 8.56. The minimum atomic E-state index is -0.794. The lowest BCUT2D eigenvalue weighted by atomic mass is 9.98. The second-order valence-corrected chi connectivity index (χ2v) is 6.64. The van der Waals surface area contributed by atoms with E-state index in [9.17, 15) is 9.59 Å². The zero-order valence-electron chi connectivity index (χ0n) is 15.2. The summed E-state index contributed by atoms with van der Waals surface area (Å²) in [4.78, 5) is 24.6. The first-order valence-electron chi connectivity index (χ1n) is 8.56. The molecular formula is C22H24O4. The van der Waals surface area contributed by atoms with Gasteiger partial charge in [-0.3, -0.25) is 0 Å². The maximum atomic E-state index is 12.3. The van der Waals surface area contributed by atoms with Gasteiger partial charge in [0.05, 0.1) is 11.1 Å². The Labute approximate surface area is 154 Å². The molecule has 0 radical (unpaired) electrons. The van der Waals surface area contributed by atoms with E-state index < -0.39 is 23.6 Å². The summed E-state index contributed by atoms with van der Waals surface area (Å²) in [6, 6.07) is 17.6. The zero-order valence-corrected chi connectivity index (χ0v) is 15.2. The predicted octanol–water partition coefficient (Wildman–Crippen LogP) is 4.81. The van der Waals surface area contributed by atoms with Crippen molar-refractivity contribution in [1.29, 1.82) is 0 Å². The van der Waals surface area contributed by atoms with Crippen LogP contribution < -0.4 is 0 Å². The van der Waals surface area contributed by atoms with Crippen LogP contribution in [0.2, 0.25) is 0 Å². The standard InChI is InChI=1S/C22H24O4/c1-4-11-19(25-20(23)17-12-7-5-8-13-17)16-22(2,3)26-21(24)18-14-9-6-10-15-18/h4-10,12-15,19H,1,11,16H2,2-3H3. The molecule has 0 N–H and O–H groups in total. The van der Waals surface area contributed by atoms with E-state index in [1.807, 2.05) is 12.1 Å². The van der Waals surface area contributed by atoms with Gasteiger partial charge < -0.3 is 9.47 Å².